The van der Waals surface area contributed by atoms with Gasteiger partial charge in [0.2, 0.25) is 6.23 Å². The average Bonchev–Trinajstić information content (AvgIpc) is 3.37. The number of carbonyl (C=O) groups excluding carboxylic acids is 2. The summed E-state index contributed by atoms with van der Waals surface area (Å²) in [4.78, 5) is 33.3. The molecule has 3 saturated heterocycles. The summed E-state index contributed by atoms with van der Waals surface area (Å²) in [7, 11) is 0. The standard InChI is InChI=1S/C31H50N4O5/c1-3-38-30(31(37)39-4-2)34-20-18-33(19-21-34)23-28-24-35(29(25-36)40-28)15-9-8-10-26-13-16-32(17-14-26)22-27-11-6-5-7-12-27/h5-7,11-12,25-26,28-30H,3-4,8-10,13-24H2,1-2H3. The molecule has 0 amide bonds. The number of piperazine rings is 1. The minimum atomic E-state index is -0.633. The third-order valence-corrected chi connectivity index (χ3v) is 8.52. The number of piperidine rings is 1. The van der Waals surface area contributed by atoms with Gasteiger partial charge in [-0.2, -0.15) is 0 Å². The van der Waals surface area contributed by atoms with Crippen molar-refractivity contribution < 1.29 is 23.8 Å². The van der Waals surface area contributed by atoms with Crippen LogP contribution in [0.25, 0.3) is 0 Å². The molecule has 9 heteroatoms. The van der Waals surface area contributed by atoms with Gasteiger partial charge in [0.05, 0.1) is 12.7 Å². The van der Waals surface area contributed by atoms with Gasteiger partial charge in [-0.1, -0.05) is 43.2 Å². The van der Waals surface area contributed by atoms with Gasteiger partial charge in [0.25, 0.3) is 0 Å². The van der Waals surface area contributed by atoms with Gasteiger partial charge in [-0.25, -0.2) is 4.79 Å². The molecule has 0 aromatic heterocycles. The van der Waals surface area contributed by atoms with Crippen LogP contribution in [0, 0.1) is 5.92 Å². The van der Waals surface area contributed by atoms with Gasteiger partial charge in [0.1, 0.15) is 0 Å². The molecule has 1 aromatic carbocycles. The molecule has 0 bridgehead atoms. The summed E-state index contributed by atoms with van der Waals surface area (Å²) in [5.41, 5.74) is 1.41. The SMILES string of the molecule is CCOC(=O)C(OCC)N1CCN(CC2CN(CCCCC3CCN(Cc4ccccc4)CC3)C(C=O)O2)CC1. The minimum Gasteiger partial charge on any atom is -0.463 e. The number of esters is 1. The highest BCUT2D eigenvalue weighted by atomic mass is 16.6. The Kier molecular flexibility index (Phi) is 12.8. The van der Waals surface area contributed by atoms with Crippen molar-refractivity contribution in [3.05, 3.63) is 35.9 Å². The van der Waals surface area contributed by atoms with Crippen LogP contribution in [0.2, 0.25) is 0 Å². The molecule has 0 spiro atoms. The van der Waals surface area contributed by atoms with Gasteiger partial charge in [-0.05, 0) is 57.7 Å². The van der Waals surface area contributed by atoms with Crippen LogP contribution in [0.15, 0.2) is 30.3 Å². The Morgan fingerprint density at radius 2 is 1.75 bits per heavy atom. The quantitative estimate of drug-likeness (QED) is 0.184. The summed E-state index contributed by atoms with van der Waals surface area (Å²) in [5, 5.41) is 0. The van der Waals surface area contributed by atoms with Crippen molar-refractivity contribution in [3.63, 3.8) is 0 Å². The van der Waals surface area contributed by atoms with Crippen LogP contribution in [0.3, 0.4) is 0 Å². The van der Waals surface area contributed by atoms with Crippen molar-refractivity contribution in [1.29, 1.82) is 0 Å². The molecule has 224 valence electrons. The number of aldehydes is 1. The van der Waals surface area contributed by atoms with Crippen LogP contribution in [-0.2, 0) is 30.3 Å². The maximum absolute atomic E-state index is 12.3. The fourth-order valence-corrected chi connectivity index (χ4v) is 6.31. The maximum Gasteiger partial charge on any atom is 0.350 e. The second kappa shape index (κ2) is 16.5. The van der Waals surface area contributed by atoms with Crippen molar-refractivity contribution in [2.24, 2.45) is 5.92 Å². The number of rotatable bonds is 15. The van der Waals surface area contributed by atoms with Gasteiger partial charge >= 0.3 is 5.97 Å². The van der Waals surface area contributed by atoms with Gasteiger partial charge in [0, 0.05) is 59.0 Å². The number of unbranched alkanes of at least 4 members (excludes halogenated alkanes) is 1. The monoisotopic (exact) mass is 558 g/mol. The third kappa shape index (κ3) is 9.33. The Balaban J connectivity index is 1.11. The average molecular weight is 559 g/mol. The fourth-order valence-electron chi connectivity index (χ4n) is 6.31. The van der Waals surface area contributed by atoms with Crippen molar-refractivity contribution in [2.75, 3.05) is 72.1 Å². The molecule has 0 aliphatic carbocycles. The Morgan fingerprint density at radius 3 is 2.42 bits per heavy atom. The molecule has 9 nitrogen and oxygen atoms in total. The zero-order valence-corrected chi connectivity index (χ0v) is 24.6. The molecule has 3 fully saturated rings. The molecular weight excluding hydrogens is 508 g/mol. The van der Waals surface area contributed by atoms with Crippen LogP contribution < -0.4 is 0 Å². The first kappa shape index (κ1) is 31.1. The van der Waals surface area contributed by atoms with Crippen molar-refractivity contribution >= 4 is 12.3 Å². The van der Waals surface area contributed by atoms with E-state index < -0.39 is 12.5 Å². The summed E-state index contributed by atoms with van der Waals surface area (Å²) < 4.78 is 17.0. The zero-order chi connectivity index (χ0) is 28.2. The molecule has 0 saturated carbocycles. The molecule has 0 N–H and O–H groups in total. The molecule has 3 aliphatic rings. The smallest absolute Gasteiger partial charge is 0.350 e. The molecule has 40 heavy (non-hydrogen) atoms. The van der Waals surface area contributed by atoms with Crippen LogP contribution in [0.5, 0.6) is 0 Å². The Bertz CT molecular complexity index is 874. The van der Waals surface area contributed by atoms with Crippen LogP contribution >= 0.6 is 0 Å². The number of benzene rings is 1. The Morgan fingerprint density at radius 1 is 1.00 bits per heavy atom. The predicted molar refractivity (Wildman–Crippen MR) is 155 cm³/mol. The van der Waals surface area contributed by atoms with E-state index in [-0.39, 0.29) is 12.1 Å². The van der Waals surface area contributed by atoms with E-state index in [9.17, 15) is 9.59 Å². The van der Waals surface area contributed by atoms with Gasteiger partial charge in [-0.3, -0.25) is 24.4 Å². The highest BCUT2D eigenvalue weighted by Gasteiger charge is 2.35. The van der Waals surface area contributed by atoms with Gasteiger partial charge < -0.3 is 14.2 Å². The van der Waals surface area contributed by atoms with Crippen LogP contribution in [0.1, 0.15) is 51.5 Å². The van der Waals surface area contributed by atoms with E-state index in [1.165, 1.54) is 44.3 Å². The van der Waals surface area contributed by atoms with Crippen molar-refractivity contribution in [2.45, 2.75) is 71.1 Å². The lowest BCUT2D eigenvalue weighted by molar-refractivity contribution is -0.173. The Labute approximate surface area is 240 Å². The molecule has 3 heterocycles. The van der Waals surface area contributed by atoms with E-state index >= 15 is 0 Å². The Hall–Kier alpha value is -1.88. The highest BCUT2D eigenvalue weighted by molar-refractivity contribution is 5.74. The van der Waals surface area contributed by atoms with Gasteiger partial charge in [-0.15, -0.1) is 0 Å². The van der Waals surface area contributed by atoms with E-state index in [0.717, 1.165) is 71.0 Å². The first-order valence-corrected chi connectivity index (χ1v) is 15.4. The number of nitrogens with zero attached hydrogens (tertiary/aromatic N) is 4. The minimum absolute atomic E-state index is 0.0310. The first-order chi connectivity index (χ1) is 19.6. The topological polar surface area (TPSA) is 74.8 Å². The molecule has 3 atom stereocenters. The van der Waals surface area contributed by atoms with E-state index in [1.807, 2.05) is 13.8 Å². The molecule has 1 aromatic rings. The normalized spacial score (nSPS) is 24.8. The second-order valence-electron chi connectivity index (χ2n) is 11.4. The summed E-state index contributed by atoms with van der Waals surface area (Å²) >= 11 is 0. The number of hydrogen-bond donors (Lipinski definition) is 0. The lowest BCUT2D eigenvalue weighted by Crippen LogP contribution is -2.55. The van der Waals surface area contributed by atoms with Crippen molar-refractivity contribution in [3.8, 4) is 0 Å². The predicted octanol–water partition coefficient (Wildman–Crippen LogP) is 2.84. The van der Waals surface area contributed by atoms with Crippen LogP contribution in [-0.4, -0.2) is 123 Å². The molecule has 3 unspecified atom stereocenters. The maximum atomic E-state index is 12.3. The number of carbonyl (C=O) groups is 2. The highest BCUT2D eigenvalue weighted by Crippen LogP contribution is 2.25. The largest absolute Gasteiger partial charge is 0.463 e. The van der Waals surface area contributed by atoms with E-state index in [0.29, 0.717) is 13.2 Å². The summed E-state index contributed by atoms with van der Waals surface area (Å²) in [6.45, 7) is 13.6. The molecular formula is C31H50N4O5. The molecule has 4 rings (SSSR count). The van der Waals surface area contributed by atoms with Gasteiger partial charge in [0.15, 0.2) is 12.5 Å². The lowest BCUT2D eigenvalue weighted by atomic mass is 9.91. The summed E-state index contributed by atoms with van der Waals surface area (Å²) in [5.74, 6) is 0.510. The molecule has 3 aliphatic heterocycles. The zero-order valence-electron chi connectivity index (χ0n) is 24.6. The second-order valence-corrected chi connectivity index (χ2v) is 11.4. The number of likely N-dealkylation sites (tertiary alicyclic amines) is 1. The van der Waals surface area contributed by atoms with E-state index in [1.54, 1.807) is 0 Å². The third-order valence-electron chi connectivity index (χ3n) is 8.52. The van der Waals surface area contributed by atoms with E-state index in [4.69, 9.17) is 14.2 Å². The van der Waals surface area contributed by atoms with E-state index in [2.05, 4.69) is 49.9 Å². The number of hydrogen-bond acceptors (Lipinski definition) is 9. The molecule has 0 radical (unpaired) electrons. The van der Waals surface area contributed by atoms with Crippen molar-refractivity contribution in [1.82, 2.24) is 19.6 Å². The lowest BCUT2D eigenvalue weighted by Gasteiger charge is -2.38. The number of ether oxygens (including phenoxy) is 3. The first-order valence-electron chi connectivity index (χ1n) is 15.4. The summed E-state index contributed by atoms with van der Waals surface area (Å²) in [6.07, 6.45) is 6.09. The fraction of sp³-hybridized carbons (Fsp3) is 0.742. The summed E-state index contributed by atoms with van der Waals surface area (Å²) in [6, 6.07) is 10.8. The van der Waals surface area contributed by atoms with Crippen LogP contribution in [0.4, 0.5) is 0 Å².